The van der Waals surface area contributed by atoms with Crippen molar-refractivity contribution in [1.29, 1.82) is 0 Å². The zero-order valence-electron chi connectivity index (χ0n) is 22.0. The van der Waals surface area contributed by atoms with Gasteiger partial charge in [0.1, 0.15) is 0 Å². The third-order valence-electron chi connectivity index (χ3n) is 6.78. The highest BCUT2D eigenvalue weighted by Gasteiger charge is 2.20. The van der Waals surface area contributed by atoms with Gasteiger partial charge in [-0.15, -0.1) is 0 Å². The highest BCUT2D eigenvalue weighted by molar-refractivity contribution is 5.97. The van der Waals surface area contributed by atoms with Crippen LogP contribution in [-0.4, -0.2) is 34.9 Å². The molecule has 1 amide bonds. The van der Waals surface area contributed by atoms with Crippen LogP contribution in [-0.2, 0) is 13.1 Å². The van der Waals surface area contributed by atoms with E-state index in [0.717, 1.165) is 59.6 Å². The molecule has 6 nitrogen and oxygen atoms in total. The molecule has 0 spiro atoms. The highest BCUT2D eigenvalue weighted by Crippen LogP contribution is 2.32. The zero-order chi connectivity index (χ0) is 25.8. The number of rotatable bonds is 7. The summed E-state index contributed by atoms with van der Waals surface area (Å²) in [7, 11) is 4.10. The van der Waals surface area contributed by atoms with Gasteiger partial charge in [0, 0.05) is 35.5 Å². The lowest BCUT2D eigenvalue weighted by molar-refractivity contribution is 0.0950. The van der Waals surface area contributed by atoms with E-state index in [9.17, 15) is 9.59 Å². The van der Waals surface area contributed by atoms with E-state index in [1.54, 1.807) is 0 Å². The van der Waals surface area contributed by atoms with Gasteiger partial charge in [-0.1, -0.05) is 30.3 Å². The number of carbonyl (C=O) groups is 1. The summed E-state index contributed by atoms with van der Waals surface area (Å²) in [6.07, 6.45) is 6.59. The summed E-state index contributed by atoms with van der Waals surface area (Å²) in [6, 6.07) is 12.2. The lowest BCUT2D eigenvalue weighted by Crippen LogP contribution is -2.28. The first-order valence-electron chi connectivity index (χ1n) is 12.7. The summed E-state index contributed by atoms with van der Waals surface area (Å²) < 4.78 is 0. The topological polar surface area (TPSA) is 78.1 Å². The molecular weight excluding hydrogens is 448 g/mol. The number of carbonyl (C=O) groups excluding carboxylic acids is 1. The number of benzene rings is 1. The fourth-order valence-electron chi connectivity index (χ4n) is 4.87. The standard InChI is InChI=1S/C30H36N4O2/c1-19-15-20(2)32-30(36)26(19)17-31-29(35)25-16-27(23-13-11-22(12-14-23)18-34(4)5)33-28(21(25)3)24-9-7-6-8-10-24/h9,11-16H,6-8,10,17-18H2,1-5H3,(H,31,35)(H,32,36). The van der Waals surface area contributed by atoms with Crippen LogP contribution >= 0.6 is 0 Å². The maximum absolute atomic E-state index is 13.4. The van der Waals surface area contributed by atoms with E-state index < -0.39 is 0 Å². The summed E-state index contributed by atoms with van der Waals surface area (Å²) >= 11 is 0. The van der Waals surface area contributed by atoms with E-state index in [0.29, 0.717) is 11.1 Å². The fourth-order valence-corrected chi connectivity index (χ4v) is 4.87. The van der Waals surface area contributed by atoms with Crippen molar-refractivity contribution in [2.45, 2.75) is 59.5 Å². The van der Waals surface area contributed by atoms with Crippen molar-refractivity contribution in [2.24, 2.45) is 0 Å². The van der Waals surface area contributed by atoms with Gasteiger partial charge in [0.2, 0.25) is 0 Å². The van der Waals surface area contributed by atoms with E-state index in [1.165, 1.54) is 17.6 Å². The molecule has 6 heteroatoms. The molecule has 1 aliphatic rings. The van der Waals surface area contributed by atoms with E-state index >= 15 is 0 Å². The molecule has 1 aliphatic carbocycles. The molecule has 188 valence electrons. The van der Waals surface area contributed by atoms with Crippen LogP contribution in [0.3, 0.4) is 0 Å². The van der Waals surface area contributed by atoms with Gasteiger partial charge in [-0.25, -0.2) is 4.98 Å². The minimum atomic E-state index is -0.197. The maximum Gasteiger partial charge on any atom is 0.253 e. The predicted octanol–water partition coefficient (Wildman–Crippen LogP) is 5.31. The molecule has 2 N–H and O–H groups in total. The molecule has 0 bridgehead atoms. The van der Waals surface area contributed by atoms with Crippen LogP contribution in [0, 0.1) is 20.8 Å². The minimum absolute atomic E-state index is 0.161. The van der Waals surface area contributed by atoms with Crippen molar-refractivity contribution in [3.63, 3.8) is 0 Å². The SMILES string of the molecule is Cc1cc(C)c(CNC(=O)c2cc(-c3ccc(CN(C)C)cc3)nc(C3=CCCCC3)c2C)c(=O)[nH]1. The average molecular weight is 485 g/mol. The Morgan fingerprint density at radius 3 is 2.47 bits per heavy atom. The molecule has 0 unspecified atom stereocenters. The van der Waals surface area contributed by atoms with Gasteiger partial charge in [0.05, 0.1) is 11.4 Å². The van der Waals surface area contributed by atoms with Gasteiger partial charge in [0.25, 0.3) is 11.5 Å². The molecule has 0 radical (unpaired) electrons. The van der Waals surface area contributed by atoms with Crippen LogP contribution in [0.15, 0.2) is 47.3 Å². The van der Waals surface area contributed by atoms with E-state index in [2.05, 4.69) is 59.6 Å². The second-order valence-electron chi connectivity index (χ2n) is 10.1. The van der Waals surface area contributed by atoms with Crippen LogP contribution in [0.5, 0.6) is 0 Å². The van der Waals surface area contributed by atoms with Crippen molar-refractivity contribution in [1.82, 2.24) is 20.2 Å². The summed E-state index contributed by atoms with van der Waals surface area (Å²) in [5.74, 6) is -0.197. The van der Waals surface area contributed by atoms with E-state index in [-0.39, 0.29) is 18.0 Å². The van der Waals surface area contributed by atoms with E-state index in [4.69, 9.17) is 4.98 Å². The number of aryl methyl sites for hydroxylation is 2. The first-order valence-corrected chi connectivity index (χ1v) is 12.7. The third kappa shape index (κ3) is 5.82. The monoisotopic (exact) mass is 484 g/mol. The van der Waals surface area contributed by atoms with Gasteiger partial charge < -0.3 is 15.2 Å². The van der Waals surface area contributed by atoms with Gasteiger partial charge in [-0.05, 0) is 94.9 Å². The number of pyridine rings is 2. The molecule has 36 heavy (non-hydrogen) atoms. The first kappa shape index (κ1) is 25.6. The smallest absolute Gasteiger partial charge is 0.253 e. The van der Waals surface area contributed by atoms with Crippen molar-refractivity contribution in [2.75, 3.05) is 14.1 Å². The number of hydrogen-bond donors (Lipinski definition) is 2. The quantitative estimate of drug-likeness (QED) is 0.476. The summed E-state index contributed by atoms with van der Waals surface area (Å²) in [5, 5.41) is 2.99. The molecular formula is C30H36N4O2. The maximum atomic E-state index is 13.4. The Morgan fingerprint density at radius 1 is 1.08 bits per heavy atom. The second-order valence-corrected chi connectivity index (χ2v) is 10.1. The molecule has 2 heterocycles. The number of aromatic amines is 1. The number of nitrogens with one attached hydrogen (secondary N) is 2. The van der Waals surface area contributed by atoms with Gasteiger partial charge in [0.15, 0.2) is 0 Å². The Hall–Kier alpha value is -3.51. The highest BCUT2D eigenvalue weighted by atomic mass is 16.1. The van der Waals surface area contributed by atoms with Crippen molar-refractivity contribution >= 4 is 11.5 Å². The second kappa shape index (κ2) is 11.0. The lowest BCUT2D eigenvalue weighted by Gasteiger charge is -2.18. The summed E-state index contributed by atoms with van der Waals surface area (Å²) in [5.41, 5.74) is 8.68. The van der Waals surface area contributed by atoms with Gasteiger partial charge in [-0.3, -0.25) is 9.59 Å². The number of amides is 1. The summed E-state index contributed by atoms with van der Waals surface area (Å²) in [6.45, 7) is 6.76. The number of aromatic nitrogens is 2. The molecule has 1 aromatic carbocycles. The molecule has 4 rings (SSSR count). The number of hydrogen-bond acceptors (Lipinski definition) is 4. The van der Waals surface area contributed by atoms with Crippen LogP contribution in [0.2, 0.25) is 0 Å². The third-order valence-corrected chi connectivity index (χ3v) is 6.78. The van der Waals surface area contributed by atoms with Crippen LogP contribution < -0.4 is 10.9 Å². The van der Waals surface area contributed by atoms with Gasteiger partial charge >= 0.3 is 0 Å². The van der Waals surface area contributed by atoms with Crippen LogP contribution in [0.1, 0.15) is 69.7 Å². The Bertz CT molecular complexity index is 1350. The molecule has 0 saturated carbocycles. The van der Waals surface area contributed by atoms with Crippen LogP contribution in [0.4, 0.5) is 0 Å². The molecule has 0 atom stereocenters. The Labute approximate surface area is 213 Å². The van der Waals surface area contributed by atoms with Crippen molar-refractivity contribution in [3.8, 4) is 11.3 Å². The molecule has 2 aromatic heterocycles. The first-order chi connectivity index (χ1) is 17.2. The minimum Gasteiger partial charge on any atom is -0.348 e. The zero-order valence-corrected chi connectivity index (χ0v) is 22.0. The predicted molar refractivity (Wildman–Crippen MR) is 146 cm³/mol. The molecule has 0 fully saturated rings. The van der Waals surface area contributed by atoms with Crippen LogP contribution in [0.25, 0.3) is 16.8 Å². The molecule has 0 saturated heterocycles. The Kier molecular flexibility index (Phi) is 7.85. The van der Waals surface area contributed by atoms with Gasteiger partial charge in [-0.2, -0.15) is 0 Å². The number of H-pyrrole nitrogens is 1. The van der Waals surface area contributed by atoms with E-state index in [1.807, 2.05) is 32.9 Å². The lowest BCUT2D eigenvalue weighted by atomic mass is 9.92. The largest absolute Gasteiger partial charge is 0.348 e. The number of nitrogens with zero attached hydrogens (tertiary/aromatic N) is 2. The average Bonchev–Trinajstić information content (AvgIpc) is 2.84. The normalized spacial score (nSPS) is 13.6. The number of allylic oxidation sites excluding steroid dienone is 2. The fraction of sp³-hybridized carbons (Fsp3) is 0.367. The Morgan fingerprint density at radius 2 is 1.83 bits per heavy atom. The van der Waals surface area contributed by atoms with Crippen molar-refractivity contribution < 1.29 is 4.79 Å². The summed E-state index contributed by atoms with van der Waals surface area (Å²) in [4.78, 5) is 35.9. The molecule has 3 aromatic rings. The molecule has 0 aliphatic heterocycles. The van der Waals surface area contributed by atoms with Crippen molar-refractivity contribution in [3.05, 3.63) is 92.0 Å². The Balaban J connectivity index is 1.70.